The van der Waals surface area contributed by atoms with Crippen LogP contribution in [0.25, 0.3) is 10.7 Å². The monoisotopic (exact) mass is 236 g/mol. The minimum Gasteiger partial charge on any atom is -0.467 e. The molecule has 16 heavy (non-hydrogen) atoms. The Labute approximate surface area is 97.5 Å². The van der Waals surface area contributed by atoms with Crippen molar-refractivity contribution in [3.63, 3.8) is 0 Å². The Bertz CT molecular complexity index is 476. The van der Waals surface area contributed by atoms with Crippen molar-refractivity contribution in [3.05, 3.63) is 29.9 Å². The molecular formula is C11H12N2O2S. The van der Waals surface area contributed by atoms with Crippen LogP contribution in [0.4, 0.5) is 0 Å². The Balaban J connectivity index is 2.36. The highest BCUT2D eigenvalue weighted by Crippen LogP contribution is 2.25. The van der Waals surface area contributed by atoms with Gasteiger partial charge in [0.1, 0.15) is 6.04 Å². The van der Waals surface area contributed by atoms with Crippen molar-refractivity contribution in [2.75, 3.05) is 7.11 Å². The third-order valence-electron chi connectivity index (χ3n) is 2.37. The topological polar surface area (TPSA) is 44.1 Å². The highest BCUT2D eigenvalue weighted by atomic mass is 32.1. The quantitative estimate of drug-likeness (QED) is 0.768. The lowest BCUT2D eigenvalue weighted by molar-refractivity contribution is -0.143. The van der Waals surface area contributed by atoms with E-state index < -0.39 is 0 Å². The van der Waals surface area contributed by atoms with E-state index in [1.807, 2.05) is 22.1 Å². The van der Waals surface area contributed by atoms with Crippen LogP contribution < -0.4 is 0 Å². The number of carbonyl (C=O) groups excluding carboxylic acids is 1. The van der Waals surface area contributed by atoms with E-state index in [2.05, 4.69) is 4.98 Å². The first kappa shape index (κ1) is 10.9. The number of imidazole rings is 1. The number of ether oxygens (including phenoxy) is 1. The van der Waals surface area contributed by atoms with Crippen LogP contribution >= 0.6 is 11.3 Å². The summed E-state index contributed by atoms with van der Waals surface area (Å²) in [5.74, 6) is 0.531. The van der Waals surface area contributed by atoms with Crippen LogP contribution in [0, 0.1) is 0 Å². The van der Waals surface area contributed by atoms with E-state index in [0.29, 0.717) is 0 Å². The van der Waals surface area contributed by atoms with Gasteiger partial charge in [-0.3, -0.25) is 0 Å². The van der Waals surface area contributed by atoms with Gasteiger partial charge in [-0.1, -0.05) is 6.07 Å². The molecule has 0 aromatic carbocycles. The molecule has 4 nitrogen and oxygen atoms in total. The fourth-order valence-electron chi connectivity index (χ4n) is 1.51. The Morgan fingerprint density at radius 2 is 2.44 bits per heavy atom. The molecule has 84 valence electrons. The lowest BCUT2D eigenvalue weighted by atomic mass is 10.3. The number of hydrogen-bond donors (Lipinski definition) is 0. The van der Waals surface area contributed by atoms with E-state index >= 15 is 0 Å². The number of hydrogen-bond acceptors (Lipinski definition) is 4. The molecule has 0 N–H and O–H groups in total. The summed E-state index contributed by atoms with van der Waals surface area (Å²) >= 11 is 1.60. The minimum absolute atomic E-state index is 0.268. The molecule has 0 aliphatic carbocycles. The summed E-state index contributed by atoms with van der Waals surface area (Å²) < 4.78 is 6.54. The van der Waals surface area contributed by atoms with E-state index in [0.717, 1.165) is 10.7 Å². The van der Waals surface area contributed by atoms with Crippen molar-refractivity contribution >= 4 is 17.3 Å². The summed E-state index contributed by atoms with van der Waals surface area (Å²) in [6, 6.07) is 3.58. The number of aromatic nitrogens is 2. The third-order valence-corrected chi connectivity index (χ3v) is 3.24. The Kier molecular flexibility index (Phi) is 3.05. The van der Waals surface area contributed by atoms with Gasteiger partial charge in [0, 0.05) is 12.4 Å². The number of thiophene rings is 1. The summed E-state index contributed by atoms with van der Waals surface area (Å²) in [6.45, 7) is 1.80. The van der Waals surface area contributed by atoms with Gasteiger partial charge in [0.05, 0.1) is 12.0 Å². The van der Waals surface area contributed by atoms with Crippen LogP contribution in [-0.2, 0) is 9.53 Å². The molecule has 5 heteroatoms. The molecule has 0 saturated carbocycles. The maximum Gasteiger partial charge on any atom is 0.328 e. The highest BCUT2D eigenvalue weighted by Gasteiger charge is 2.19. The van der Waals surface area contributed by atoms with Crippen LogP contribution in [0.15, 0.2) is 29.9 Å². The van der Waals surface area contributed by atoms with Crippen LogP contribution in [0.5, 0.6) is 0 Å². The Hall–Kier alpha value is -1.62. The molecule has 0 radical (unpaired) electrons. The number of methoxy groups -OCH3 is 1. The third kappa shape index (κ3) is 1.86. The minimum atomic E-state index is -0.357. The van der Waals surface area contributed by atoms with E-state index in [1.165, 1.54) is 7.11 Å². The fraction of sp³-hybridized carbons (Fsp3) is 0.273. The molecule has 0 fully saturated rings. The van der Waals surface area contributed by atoms with Gasteiger partial charge in [0.15, 0.2) is 5.82 Å². The summed E-state index contributed by atoms with van der Waals surface area (Å²) in [5.41, 5.74) is 0. The predicted octanol–water partition coefficient (Wildman–Crippen LogP) is 2.35. The van der Waals surface area contributed by atoms with Crippen molar-refractivity contribution in [2.45, 2.75) is 13.0 Å². The highest BCUT2D eigenvalue weighted by molar-refractivity contribution is 7.13. The molecule has 0 amide bonds. The van der Waals surface area contributed by atoms with Gasteiger partial charge in [-0.2, -0.15) is 0 Å². The van der Waals surface area contributed by atoms with Crippen molar-refractivity contribution in [1.82, 2.24) is 9.55 Å². The molecule has 2 heterocycles. The molecule has 0 spiro atoms. The molecule has 0 aliphatic heterocycles. The van der Waals surface area contributed by atoms with Gasteiger partial charge in [-0.15, -0.1) is 11.3 Å². The lowest BCUT2D eigenvalue weighted by Gasteiger charge is -2.13. The zero-order valence-electron chi connectivity index (χ0n) is 9.08. The maximum absolute atomic E-state index is 11.5. The maximum atomic E-state index is 11.5. The first-order chi connectivity index (χ1) is 7.74. The van der Waals surface area contributed by atoms with Crippen molar-refractivity contribution < 1.29 is 9.53 Å². The summed E-state index contributed by atoms with van der Waals surface area (Å²) in [6.07, 6.45) is 3.48. The summed E-state index contributed by atoms with van der Waals surface area (Å²) in [7, 11) is 1.39. The molecule has 1 atom stereocenters. The Morgan fingerprint density at radius 3 is 3.06 bits per heavy atom. The first-order valence-corrected chi connectivity index (χ1v) is 5.76. The van der Waals surface area contributed by atoms with E-state index in [4.69, 9.17) is 4.74 Å². The predicted molar refractivity (Wildman–Crippen MR) is 62.3 cm³/mol. The number of nitrogens with zero attached hydrogens (tertiary/aromatic N) is 2. The fourth-order valence-corrected chi connectivity index (χ4v) is 2.23. The van der Waals surface area contributed by atoms with Crippen molar-refractivity contribution in [1.29, 1.82) is 0 Å². The van der Waals surface area contributed by atoms with Gasteiger partial charge in [0.2, 0.25) is 0 Å². The van der Waals surface area contributed by atoms with E-state index in [1.54, 1.807) is 30.7 Å². The van der Waals surface area contributed by atoms with Gasteiger partial charge in [-0.25, -0.2) is 9.78 Å². The van der Waals surface area contributed by atoms with Gasteiger partial charge in [-0.05, 0) is 18.4 Å². The smallest absolute Gasteiger partial charge is 0.328 e. The zero-order chi connectivity index (χ0) is 11.5. The van der Waals surface area contributed by atoms with Crippen LogP contribution in [0.3, 0.4) is 0 Å². The van der Waals surface area contributed by atoms with Crippen molar-refractivity contribution in [2.24, 2.45) is 0 Å². The molecule has 2 aromatic heterocycles. The number of rotatable bonds is 3. The van der Waals surface area contributed by atoms with Crippen molar-refractivity contribution in [3.8, 4) is 10.7 Å². The largest absolute Gasteiger partial charge is 0.467 e. The average molecular weight is 236 g/mol. The second-order valence-corrected chi connectivity index (χ2v) is 4.28. The lowest BCUT2D eigenvalue weighted by Crippen LogP contribution is -2.17. The Morgan fingerprint density at radius 1 is 1.62 bits per heavy atom. The molecule has 2 rings (SSSR count). The molecule has 0 saturated heterocycles. The normalized spacial score (nSPS) is 12.4. The molecule has 1 unspecified atom stereocenters. The average Bonchev–Trinajstić information content (AvgIpc) is 2.95. The SMILES string of the molecule is COC(=O)C(C)n1ccnc1-c1cccs1. The van der Waals surface area contributed by atoms with Gasteiger partial charge in [0.25, 0.3) is 0 Å². The standard InChI is InChI=1S/C11H12N2O2S/c1-8(11(14)15-2)13-6-5-12-10(13)9-4-3-7-16-9/h3-8H,1-2H3. The van der Waals surface area contributed by atoms with E-state index in [-0.39, 0.29) is 12.0 Å². The summed E-state index contributed by atoms with van der Waals surface area (Å²) in [5, 5.41) is 1.98. The number of esters is 1. The molecular weight excluding hydrogens is 224 g/mol. The van der Waals surface area contributed by atoms with Crippen LogP contribution in [0.1, 0.15) is 13.0 Å². The summed E-state index contributed by atoms with van der Waals surface area (Å²) in [4.78, 5) is 16.8. The van der Waals surface area contributed by atoms with Gasteiger partial charge < -0.3 is 9.30 Å². The second kappa shape index (κ2) is 4.49. The zero-order valence-corrected chi connectivity index (χ0v) is 9.90. The van der Waals surface area contributed by atoms with Crippen LogP contribution in [0.2, 0.25) is 0 Å². The van der Waals surface area contributed by atoms with Crippen LogP contribution in [-0.4, -0.2) is 22.6 Å². The van der Waals surface area contributed by atoms with Gasteiger partial charge >= 0.3 is 5.97 Å². The molecule has 2 aromatic rings. The molecule has 0 bridgehead atoms. The molecule has 0 aliphatic rings. The first-order valence-electron chi connectivity index (χ1n) is 4.88. The second-order valence-electron chi connectivity index (χ2n) is 3.33. The number of carbonyl (C=O) groups is 1. The van der Waals surface area contributed by atoms with E-state index in [9.17, 15) is 4.79 Å².